The maximum atomic E-state index is 11.7. The lowest BCUT2D eigenvalue weighted by atomic mass is 10.3. The molecule has 0 aromatic carbocycles. The maximum Gasteiger partial charge on any atom is 0.269 e. The van der Waals surface area contributed by atoms with Crippen LogP contribution >= 0.6 is 0 Å². The van der Waals surface area contributed by atoms with E-state index in [1.165, 1.54) is 0 Å². The zero-order chi connectivity index (χ0) is 11.8. The third kappa shape index (κ3) is 3.66. The van der Waals surface area contributed by atoms with Crippen molar-refractivity contribution in [3.8, 4) is 0 Å². The Morgan fingerprint density at radius 1 is 1.56 bits per heavy atom. The van der Waals surface area contributed by atoms with Crippen molar-refractivity contribution in [2.75, 3.05) is 19.8 Å². The second-order valence-electron chi connectivity index (χ2n) is 3.34. The minimum atomic E-state index is -0.0733. The maximum absolute atomic E-state index is 11.7. The SMILES string of the molecule is CCOCCCNC(=O)c1ccnn1CC. The van der Waals surface area contributed by atoms with Gasteiger partial charge in [0.1, 0.15) is 5.69 Å². The highest BCUT2D eigenvalue weighted by Gasteiger charge is 2.09. The van der Waals surface area contributed by atoms with Gasteiger partial charge in [0.25, 0.3) is 5.91 Å². The molecule has 1 aromatic heterocycles. The van der Waals surface area contributed by atoms with Gasteiger partial charge in [-0.05, 0) is 26.3 Å². The average Bonchev–Trinajstić information content (AvgIpc) is 2.76. The number of aromatic nitrogens is 2. The minimum absolute atomic E-state index is 0.0733. The molecule has 0 aliphatic rings. The van der Waals surface area contributed by atoms with Crippen molar-refractivity contribution in [2.45, 2.75) is 26.8 Å². The molecule has 0 saturated carbocycles. The first-order chi connectivity index (χ1) is 7.79. The third-order valence-electron chi connectivity index (χ3n) is 2.20. The molecular formula is C11H19N3O2. The number of hydrogen-bond acceptors (Lipinski definition) is 3. The highest BCUT2D eigenvalue weighted by atomic mass is 16.5. The summed E-state index contributed by atoms with van der Waals surface area (Å²) < 4.78 is 6.86. The van der Waals surface area contributed by atoms with Gasteiger partial charge in [-0.25, -0.2) is 0 Å². The predicted octanol–water partition coefficient (Wildman–Crippen LogP) is 1.06. The molecule has 0 bridgehead atoms. The summed E-state index contributed by atoms with van der Waals surface area (Å²) in [5.41, 5.74) is 0.610. The summed E-state index contributed by atoms with van der Waals surface area (Å²) in [6.07, 6.45) is 2.47. The topological polar surface area (TPSA) is 56.1 Å². The lowest BCUT2D eigenvalue weighted by Crippen LogP contribution is -2.27. The molecule has 5 nitrogen and oxygen atoms in total. The largest absolute Gasteiger partial charge is 0.382 e. The van der Waals surface area contributed by atoms with Gasteiger partial charge in [-0.1, -0.05) is 0 Å². The molecule has 0 saturated heterocycles. The van der Waals surface area contributed by atoms with E-state index in [0.29, 0.717) is 25.4 Å². The van der Waals surface area contributed by atoms with E-state index in [-0.39, 0.29) is 5.91 Å². The van der Waals surface area contributed by atoms with Gasteiger partial charge in [-0.15, -0.1) is 0 Å². The Bertz CT molecular complexity index is 323. The summed E-state index contributed by atoms with van der Waals surface area (Å²) in [5, 5.41) is 6.88. The van der Waals surface area contributed by atoms with Crippen molar-refractivity contribution < 1.29 is 9.53 Å². The van der Waals surface area contributed by atoms with Crippen LogP contribution in [0, 0.1) is 0 Å². The van der Waals surface area contributed by atoms with Gasteiger partial charge < -0.3 is 10.1 Å². The zero-order valence-electron chi connectivity index (χ0n) is 9.90. The first kappa shape index (κ1) is 12.7. The molecule has 0 unspecified atom stereocenters. The summed E-state index contributed by atoms with van der Waals surface area (Å²) in [6, 6.07) is 1.72. The molecular weight excluding hydrogens is 206 g/mol. The second kappa shape index (κ2) is 7.00. The van der Waals surface area contributed by atoms with Crippen LogP contribution in [0.25, 0.3) is 0 Å². The number of amides is 1. The molecule has 1 rings (SSSR count). The van der Waals surface area contributed by atoms with Crippen LogP contribution in [-0.2, 0) is 11.3 Å². The van der Waals surface area contributed by atoms with Gasteiger partial charge in [0.2, 0.25) is 0 Å². The highest BCUT2D eigenvalue weighted by molar-refractivity contribution is 5.92. The quantitative estimate of drug-likeness (QED) is 0.706. The number of hydrogen-bond donors (Lipinski definition) is 1. The molecule has 0 aliphatic carbocycles. The molecule has 0 radical (unpaired) electrons. The molecule has 1 aromatic rings. The highest BCUT2D eigenvalue weighted by Crippen LogP contribution is 1.98. The van der Waals surface area contributed by atoms with Gasteiger partial charge in [-0.3, -0.25) is 9.48 Å². The first-order valence-corrected chi connectivity index (χ1v) is 5.67. The van der Waals surface area contributed by atoms with E-state index in [4.69, 9.17) is 4.74 Å². The fourth-order valence-corrected chi connectivity index (χ4v) is 1.39. The van der Waals surface area contributed by atoms with Crippen LogP contribution in [0.1, 0.15) is 30.8 Å². The van der Waals surface area contributed by atoms with Crippen LogP contribution in [0.2, 0.25) is 0 Å². The van der Waals surface area contributed by atoms with Crippen molar-refractivity contribution in [1.29, 1.82) is 0 Å². The fourth-order valence-electron chi connectivity index (χ4n) is 1.39. The molecule has 5 heteroatoms. The van der Waals surface area contributed by atoms with E-state index in [2.05, 4.69) is 10.4 Å². The summed E-state index contributed by atoms with van der Waals surface area (Å²) in [4.78, 5) is 11.7. The number of carbonyl (C=O) groups is 1. The standard InChI is InChI=1S/C11H19N3O2/c1-3-14-10(6-8-13-14)11(15)12-7-5-9-16-4-2/h6,8H,3-5,7,9H2,1-2H3,(H,12,15). The molecule has 90 valence electrons. The number of ether oxygens (including phenoxy) is 1. The van der Waals surface area contributed by atoms with Gasteiger partial charge in [0.05, 0.1) is 0 Å². The molecule has 0 aliphatic heterocycles. The van der Waals surface area contributed by atoms with Crippen LogP contribution in [0.3, 0.4) is 0 Å². The van der Waals surface area contributed by atoms with E-state index in [0.717, 1.165) is 13.0 Å². The van der Waals surface area contributed by atoms with Crippen molar-refractivity contribution in [3.05, 3.63) is 18.0 Å². The van der Waals surface area contributed by atoms with E-state index in [9.17, 15) is 4.79 Å². The van der Waals surface area contributed by atoms with Gasteiger partial charge in [-0.2, -0.15) is 5.10 Å². The fraction of sp³-hybridized carbons (Fsp3) is 0.636. The Balaban J connectivity index is 2.30. The monoisotopic (exact) mass is 225 g/mol. The Labute approximate surface area is 95.8 Å². The molecule has 1 amide bonds. The van der Waals surface area contributed by atoms with Crippen LogP contribution in [0.5, 0.6) is 0 Å². The van der Waals surface area contributed by atoms with Crippen LogP contribution in [-0.4, -0.2) is 35.4 Å². The molecule has 1 heterocycles. The minimum Gasteiger partial charge on any atom is -0.382 e. The lowest BCUT2D eigenvalue weighted by Gasteiger charge is -2.06. The Hall–Kier alpha value is -1.36. The Morgan fingerprint density at radius 3 is 3.06 bits per heavy atom. The average molecular weight is 225 g/mol. The number of aryl methyl sites for hydroxylation is 1. The summed E-state index contributed by atoms with van der Waals surface area (Å²) in [6.45, 7) is 6.65. The molecule has 0 spiro atoms. The van der Waals surface area contributed by atoms with Gasteiger partial charge in [0.15, 0.2) is 0 Å². The number of carbonyl (C=O) groups excluding carboxylic acids is 1. The number of rotatable bonds is 7. The van der Waals surface area contributed by atoms with Crippen LogP contribution in [0.4, 0.5) is 0 Å². The molecule has 0 atom stereocenters. The molecule has 16 heavy (non-hydrogen) atoms. The third-order valence-corrected chi connectivity index (χ3v) is 2.20. The summed E-state index contributed by atoms with van der Waals surface area (Å²) in [5.74, 6) is -0.0733. The van der Waals surface area contributed by atoms with E-state index in [1.54, 1.807) is 16.9 Å². The van der Waals surface area contributed by atoms with E-state index < -0.39 is 0 Å². The lowest BCUT2D eigenvalue weighted by molar-refractivity contribution is 0.0933. The number of nitrogens with one attached hydrogen (secondary N) is 1. The first-order valence-electron chi connectivity index (χ1n) is 5.67. The van der Waals surface area contributed by atoms with Crippen molar-refractivity contribution in [2.24, 2.45) is 0 Å². The summed E-state index contributed by atoms with van der Waals surface area (Å²) >= 11 is 0. The van der Waals surface area contributed by atoms with E-state index in [1.807, 2.05) is 13.8 Å². The van der Waals surface area contributed by atoms with Crippen LogP contribution < -0.4 is 5.32 Å². The van der Waals surface area contributed by atoms with Gasteiger partial charge in [0, 0.05) is 32.5 Å². The Kier molecular flexibility index (Phi) is 5.56. The van der Waals surface area contributed by atoms with Gasteiger partial charge >= 0.3 is 0 Å². The normalized spacial score (nSPS) is 10.4. The Morgan fingerprint density at radius 2 is 2.38 bits per heavy atom. The summed E-state index contributed by atoms with van der Waals surface area (Å²) in [7, 11) is 0. The van der Waals surface area contributed by atoms with E-state index >= 15 is 0 Å². The predicted molar refractivity (Wildman–Crippen MR) is 61.3 cm³/mol. The van der Waals surface area contributed by atoms with Crippen molar-refractivity contribution in [3.63, 3.8) is 0 Å². The number of nitrogens with zero attached hydrogens (tertiary/aromatic N) is 2. The molecule has 0 fully saturated rings. The van der Waals surface area contributed by atoms with Crippen LogP contribution in [0.15, 0.2) is 12.3 Å². The molecule has 1 N–H and O–H groups in total. The smallest absolute Gasteiger partial charge is 0.269 e. The second-order valence-corrected chi connectivity index (χ2v) is 3.34. The van der Waals surface area contributed by atoms with Crippen molar-refractivity contribution in [1.82, 2.24) is 15.1 Å². The van der Waals surface area contributed by atoms with Crippen molar-refractivity contribution >= 4 is 5.91 Å². The zero-order valence-corrected chi connectivity index (χ0v) is 9.90.